The largest absolute Gasteiger partial charge is 0.476 e. The molecule has 1 atom stereocenters. The molecule has 0 aromatic carbocycles. The maximum absolute atomic E-state index is 6.09. The minimum Gasteiger partial charge on any atom is -0.476 e. The molecule has 1 aliphatic carbocycles. The van der Waals surface area contributed by atoms with Crippen LogP contribution in [0.25, 0.3) is 0 Å². The minimum atomic E-state index is 0.459. The molecular weight excluding hydrogens is 228 g/mol. The van der Waals surface area contributed by atoms with Gasteiger partial charge in [0.05, 0.1) is 6.61 Å². The Hall–Kier alpha value is -1.52. The molecule has 1 aliphatic rings. The molecule has 0 spiro atoms. The van der Waals surface area contributed by atoms with Gasteiger partial charge in [-0.25, -0.2) is 4.98 Å². The first-order valence-electron chi connectivity index (χ1n) is 6.61. The highest BCUT2D eigenvalue weighted by Gasteiger charge is 2.32. The second-order valence-corrected chi connectivity index (χ2v) is 4.95. The van der Waals surface area contributed by atoms with Crippen LogP contribution in [0.3, 0.4) is 0 Å². The first-order valence-corrected chi connectivity index (χ1v) is 6.61. The normalized spacial score (nSPS) is 16.4. The fraction of sp³-hybridized carbons (Fsp3) is 0.692. The molecule has 1 saturated carbocycles. The highest BCUT2D eigenvalue weighted by Crippen LogP contribution is 2.37. The molecule has 1 unspecified atom stereocenters. The Morgan fingerprint density at radius 3 is 2.83 bits per heavy atom. The predicted molar refractivity (Wildman–Crippen MR) is 72.8 cm³/mol. The lowest BCUT2D eigenvalue weighted by atomic mass is 10.2. The van der Waals surface area contributed by atoms with Gasteiger partial charge in [0.25, 0.3) is 0 Å². The van der Waals surface area contributed by atoms with Crippen LogP contribution in [0.5, 0.6) is 5.88 Å². The van der Waals surface area contributed by atoms with E-state index in [4.69, 9.17) is 10.5 Å². The van der Waals surface area contributed by atoms with Gasteiger partial charge < -0.3 is 15.4 Å². The summed E-state index contributed by atoms with van der Waals surface area (Å²) in [5, 5.41) is 0. The summed E-state index contributed by atoms with van der Waals surface area (Å²) >= 11 is 0. The molecule has 5 nitrogen and oxygen atoms in total. The van der Waals surface area contributed by atoms with Gasteiger partial charge in [-0.1, -0.05) is 6.92 Å². The lowest BCUT2D eigenvalue weighted by Gasteiger charge is -2.27. The van der Waals surface area contributed by atoms with Crippen molar-refractivity contribution in [2.75, 3.05) is 24.3 Å². The molecule has 5 heteroatoms. The number of nitrogen functional groups attached to an aromatic ring is 1. The SMILES string of the molecule is CCCOc1ncnc(N(C)C(C)C2CC2)c1N. The second-order valence-electron chi connectivity index (χ2n) is 4.95. The van der Waals surface area contributed by atoms with E-state index in [1.54, 1.807) is 0 Å². The molecule has 1 fully saturated rings. The molecule has 18 heavy (non-hydrogen) atoms. The topological polar surface area (TPSA) is 64.3 Å². The van der Waals surface area contributed by atoms with Gasteiger partial charge in [0.1, 0.15) is 12.0 Å². The van der Waals surface area contributed by atoms with E-state index in [0.717, 1.165) is 18.2 Å². The highest BCUT2D eigenvalue weighted by molar-refractivity contribution is 5.67. The van der Waals surface area contributed by atoms with Gasteiger partial charge in [-0.15, -0.1) is 0 Å². The first-order chi connectivity index (χ1) is 8.65. The lowest BCUT2D eigenvalue weighted by Crippen LogP contribution is -2.32. The minimum absolute atomic E-state index is 0.459. The van der Waals surface area contributed by atoms with E-state index in [0.29, 0.717) is 24.2 Å². The molecule has 0 amide bonds. The van der Waals surface area contributed by atoms with Crippen molar-refractivity contribution in [3.8, 4) is 5.88 Å². The van der Waals surface area contributed by atoms with E-state index in [1.165, 1.54) is 19.2 Å². The summed E-state index contributed by atoms with van der Waals surface area (Å²) in [5.74, 6) is 2.04. The summed E-state index contributed by atoms with van der Waals surface area (Å²) < 4.78 is 5.53. The van der Waals surface area contributed by atoms with Crippen LogP contribution in [0.2, 0.25) is 0 Å². The fourth-order valence-electron chi connectivity index (χ4n) is 2.05. The predicted octanol–water partition coefficient (Wildman–Crippen LogP) is 2.08. The molecule has 1 aromatic rings. The maximum atomic E-state index is 6.09. The zero-order valence-electron chi connectivity index (χ0n) is 11.4. The summed E-state index contributed by atoms with van der Waals surface area (Å²) in [6.45, 7) is 4.90. The molecule has 2 N–H and O–H groups in total. The third kappa shape index (κ3) is 2.66. The Morgan fingerprint density at radius 2 is 2.22 bits per heavy atom. The van der Waals surface area contributed by atoms with Crippen LogP contribution in [0.15, 0.2) is 6.33 Å². The Morgan fingerprint density at radius 1 is 1.50 bits per heavy atom. The first kappa shape index (κ1) is 12.9. The number of nitrogens with zero attached hydrogens (tertiary/aromatic N) is 3. The van der Waals surface area contributed by atoms with Gasteiger partial charge in [0.2, 0.25) is 5.88 Å². The molecule has 0 radical (unpaired) electrons. The van der Waals surface area contributed by atoms with Crippen LogP contribution in [0, 0.1) is 5.92 Å². The highest BCUT2D eigenvalue weighted by atomic mass is 16.5. The Kier molecular flexibility index (Phi) is 3.89. The van der Waals surface area contributed by atoms with Crippen LogP contribution in [0.4, 0.5) is 11.5 Å². The third-order valence-electron chi connectivity index (χ3n) is 3.52. The standard InChI is InChI=1S/C13H22N4O/c1-4-7-18-13-11(14)12(15-8-16-13)17(3)9(2)10-5-6-10/h8-10H,4-7,14H2,1-3H3. The number of rotatable bonds is 6. The number of ether oxygens (including phenoxy) is 1. The van der Waals surface area contributed by atoms with Gasteiger partial charge >= 0.3 is 0 Å². The number of hydrogen-bond acceptors (Lipinski definition) is 5. The monoisotopic (exact) mass is 250 g/mol. The fourth-order valence-corrected chi connectivity index (χ4v) is 2.05. The van der Waals surface area contributed by atoms with E-state index >= 15 is 0 Å². The molecule has 1 aromatic heterocycles. The van der Waals surface area contributed by atoms with Crippen molar-refractivity contribution in [3.05, 3.63) is 6.33 Å². The van der Waals surface area contributed by atoms with E-state index in [-0.39, 0.29) is 0 Å². The molecule has 1 heterocycles. The third-order valence-corrected chi connectivity index (χ3v) is 3.52. The van der Waals surface area contributed by atoms with E-state index in [2.05, 4.69) is 28.7 Å². The van der Waals surface area contributed by atoms with Crippen LogP contribution in [0.1, 0.15) is 33.1 Å². The zero-order chi connectivity index (χ0) is 13.1. The van der Waals surface area contributed by atoms with E-state index < -0.39 is 0 Å². The summed E-state index contributed by atoms with van der Waals surface area (Å²) in [6.07, 6.45) is 5.06. The van der Waals surface area contributed by atoms with Crippen LogP contribution < -0.4 is 15.4 Å². The van der Waals surface area contributed by atoms with Crippen molar-refractivity contribution >= 4 is 11.5 Å². The molecular formula is C13H22N4O. The second kappa shape index (κ2) is 5.42. The molecule has 2 rings (SSSR count). The van der Waals surface area contributed by atoms with Gasteiger partial charge in [-0.3, -0.25) is 0 Å². The quantitative estimate of drug-likeness (QED) is 0.837. The van der Waals surface area contributed by atoms with E-state index in [9.17, 15) is 0 Å². The number of hydrogen-bond donors (Lipinski definition) is 1. The number of aromatic nitrogens is 2. The van der Waals surface area contributed by atoms with E-state index in [1.807, 2.05) is 7.05 Å². The Bertz CT molecular complexity index is 406. The van der Waals surface area contributed by atoms with Crippen molar-refractivity contribution < 1.29 is 4.74 Å². The number of anilines is 2. The van der Waals surface area contributed by atoms with Gasteiger partial charge in [0.15, 0.2) is 5.82 Å². The average Bonchev–Trinajstić information content (AvgIpc) is 3.20. The van der Waals surface area contributed by atoms with Crippen molar-refractivity contribution in [2.45, 2.75) is 39.2 Å². The average molecular weight is 250 g/mol. The van der Waals surface area contributed by atoms with Crippen LogP contribution in [-0.4, -0.2) is 29.7 Å². The lowest BCUT2D eigenvalue weighted by molar-refractivity contribution is 0.306. The molecule has 0 aliphatic heterocycles. The van der Waals surface area contributed by atoms with Crippen LogP contribution >= 0.6 is 0 Å². The molecule has 0 bridgehead atoms. The van der Waals surface area contributed by atoms with Crippen molar-refractivity contribution in [3.63, 3.8) is 0 Å². The van der Waals surface area contributed by atoms with Crippen molar-refractivity contribution in [1.82, 2.24) is 9.97 Å². The van der Waals surface area contributed by atoms with Crippen molar-refractivity contribution in [2.24, 2.45) is 5.92 Å². The zero-order valence-corrected chi connectivity index (χ0v) is 11.4. The van der Waals surface area contributed by atoms with Gasteiger partial charge in [-0.2, -0.15) is 4.98 Å². The molecule has 100 valence electrons. The smallest absolute Gasteiger partial charge is 0.242 e. The summed E-state index contributed by atoms with van der Waals surface area (Å²) in [4.78, 5) is 10.5. The summed E-state index contributed by atoms with van der Waals surface area (Å²) in [7, 11) is 2.03. The maximum Gasteiger partial charge on any atom is 0.242 e. The Labute approximate surface area is 108 Å². The van der Waals surface area contributed by atoms with Crippen LogP contribution in [-0.2, 0) is 0 Å². The van der Waals surface area contributed by atoms with Gasteiger partial charge in [-0.05, 0) is 32.1 Å². The summed E-state index contributed by atoms with van der Waals surface area (Å²) in [6, 6.07) is 0.459. The number of nitrogens with two attached hydrogens (primary N) is 1. The molecule has 0 saturated heterocycles. The Balaban J connectivity index is 2.16. The summed E-state index contributed by atoms with van der Waals surface area (Å²) in [5.41, 5.74) is 6.63. The van der Waals surface area contributed by atoms with Crippen molar-refractivity contribution in [1.29, 1.82) is 0 Å². The van der Waals surface area contributed by atoms with Gasteiger partial charge in [0, 0.05) is 13.1 Å².